The molecular formula is C49H32N4. The van der Waals surface area contributed by atoms with Gasteiger partial charge < -0.3 is 0 Å². The van der Waals surface area contributed by atoms with E-state index in [1.807, 2.05) is 49.1 Å². The van der Waals surface area contributed by atoms with Gasteiger partial charge in [-0.3, -0.25) is 19.9 Å². The maximum Gasteiger partial charge on any atom is 0.0717 e. The summed E-state index contributed by atoms with van der Waals surface area (Å²) in [5, 5.41) is 2.42. The fraction of sp³-hybridized carbons (Fsp3) is 0.0204. The van der Waals surface area contributed by atoms with E-state index < -0.39 is 5.41 Å². The van der Waals surface area contributed by atoms with Crippen molar-refractivity contribution in [3.63, 3.8) is 0 Å². The maximum absolute atomic E-state index is 4.94. The van der Waals surface area contributed by atoms with Gasteiger partial charge in [-0.1, -0.05) is 109 Å². The third-order valence-corrected chi connectivity index (χ3v) is 10.6. The van der Waals surface area contributed by atoms with Crippen molar-refractivity contribution in [1.82, 2.24) is 19.9 Å². The van der Waals surface area contributed by atoms with Crippen LogP contribution in [0.25, 0.3) is 66.7 Å². The van der Waals surface area contributed by atoms with Crippen LogP contribution in [-0.2, 0) is 5.41 Å². The Bertz CT molecular complexity index is 2690. The summed E-state index contributed by atoms with van der Waals surface area (Å²) in [6.45, 7) is 0. The van der Waals surface area contributed by atoms with E-state index in [0.717, 1.165) is 44.8 Å². The first-order valence-electron chi connectivity index (χ1n) is 17.8. The normalized spacial score (nSPS) is 12.7. The second kappa shape index (κ2) is 12.6. The first kappa shape index (κ1) is 30.8. The molecule has 248 valence electrons. The van der Waals surface area contributed by atoms with Crippen LogP contribution in [0.4, 0.5) is 0 Å². The largest absolute Gasteiger partial charge is 0.264 e. The van der Waals surface area contributed by atoms with Gasteiger partial charge in [0.05, 0.1) is 16.8 Å². The zero-order valence-electron chi connectivity index (χ0n) is 28.8. The van der Waals surface area contributed by atoms with E-state index in [0.29, 0.717) is 0 Å². The Morgan fingerprint density at radius 2 is 0.925 bits per heavy atom. The van der Waals surface area contributed by atoms with Crippen LogP contribution in [0.1, 0.15) is 22.3 Å². The van der Waals surface area contributed by atoms with E-state index in [1.165, 1.54) is 44.2 Å². The molecule has 5 aromatic carbocycles. The van der Waals surface area contributed by atoms with Crippen molar-refractivity contribution in [2.24, 2.45) is 0 Å². The third kappa shape index (κ3) is 4.99. The van der Waals surface area contributed by atoms with Crippen LogP contribution in [-0.4, -0.2) is 19.9 Å². The minimum atomic E-state index is -0.589. The lowest BCUT2D eigenvalue weighted by Gasteiger charge is -2.34. The number of rotatable bonds is 6. The fourth-order valence-corrected chi connectivity index (χ4v) is 8.25. The van der Waals surface area contributed by atoms with E-state index in [2.05, 4.69) is 143 Å². The van der Waals surface area contributed by atoms with Crippen LogP contribution in [0.15, 0.2) is 195 Å². The number of pyridine rings is 4. The minimum absolute atomic E-state index is 0.589. The van der Waals surface area contributed by atoms with E-state index >= 15 is 0 Å². The van der Waals surface area contributed by atoms with Crippen molar-refractivity contribution in [2.45, 2.75) is 5.41 Å². The summed E-state index contributed by atoms with van der Waals surface area (Å²) in [7, 11) is 0. The van der Waals surface area contributed by atoms with Gasteiger partial charge in [0.1, 0.15) is 0 Å². The highest BCUT2D eigenvalue weighted by Gasteiger charge is 2.47. The van der Waals surface area contributed by atoms with Crippen LogP contribution in [0.3, 0.4) is 0 Å². The number of hydrogen-bond donors (Lipinski definition) is 0. The topological polar surface area (TPSA) is 51.6 Å². The van der Waals surface area contributed by atoms with Crippen LogP contribution in [0, 0.1) is 0 Å². The molecule has 1 aliphatic carbocycles. The quantitative estimate of drug-likeness (QED) is 0.176. The highest BCUT2D eigenvalue weighted by atomic mass is 14.7. The summed E-state index contributed by atoms with van der Waals surface area (Å²) in [5.74, 6) is 0. The van der Waals surface area contributed by atoms with Crippen molar-refractivity contribution in [3.05, 3.63) is 217 Å². The molecule has 0 fully saturated rings. The number of hydrogen-bond acceptors (Lipinski definition) is 4. The van der Waals surface area contributed by atoms with Crippen LogP contribution in [0.2, 0.25) is 0 Å². The summed E-state index contributed by atoms with van der Waals surface area (Å²) in [6.07, 6.45) is 11.3. The summed E-state index contributed by atoms with van der Waals surface area (Å²) >= 11 is 0. The van der Waals surface area contributed by atoms with E-state index in [-0.39, 0.29) is 0 Å². The molecule has 53 heavy (non-hydrogen) atoms. The van der Waals surface area contributed by atoms with Crippen molar-refractivity contribution >= 4 is 10.8 Å². The highest BCUT2D eigenvalue weighted by molar-refractivity contribution is 6.10. The average molecular weight is 677 g/mol. The molecule has 0 amide bonds. The van der Waals surface area contributed by atoms with Gasteiger partial charge in [-0.05, 0) is 104 Å². The SMILES string of the molecule is c1ccc(C2(c3ccccc3)c3cc(-c4ccc(-c5cccnc5)nc4)ccc3-c3c2cc(-c2ccc(-c4cccnc4)nc2)c2ccccc32)cc1. The van der Waals surface area contributed by atoms with Gasteiger partial charge in [-0.2, -0.15) is 0 Å². The molecule has 0 saturated carbocycles. The Morgan fingerprint density at radius 3 is 1.49 bits per heavy atom. The molecule has 9 aromatic rings. The number of benzene rings is 5. The van der Waals surface area contributed by atoms with Gasteiger partial charge in [0, 0.05) is 59.4 Å². The van der Waals surface area contributed by atoms with E-state index in [9.17, 15) is 0 Å². The Labute approximate surface area is 308 Å². The number of aromatic nitrogens is 4. The predicted octanol–water partition coefficient (Wildman–Crippen LogP) is 11.5. The van der Waals surface area contributed by atoms with Crippen LogP contribution in [0.5, 0.6) is 0 Å². The van der Waals surface area contributed by atoms with Gasteiger partial charge in [0.25, 0.3) is 0 Å². The van der Waals surface area contributed by atoms with Crippen molar-refractivity contribution in [2.75, 3.05) is 0 Å². The summed E-state index contributed by atoms with van der Waals surface area (Å²) < 4.78 is 0. The van der Waals surface area contributed by atoms with Gasteiger partial charge >= 0.3 is 0 Å². The zero-order valence-corrected chi connectivity index (χ0v) is 28.8. The minimum Gasteiger partial charge on any atom is -0.264 e. The smallest absolute Gasteiger partial charge is 0.0717 e. The molecule has 4 heteroatoms. The van der Waals surface area contributed by atoms with Gasteiger partial charge in [-0.25, -0.2) is 0 Å². The maximum atomic E-state index is 4.94. The standard InChI is InChI=1S/C49H32N4/c1-3-13-38(14-4-1)49(39-15-5-2-6-16-39)44-27-33(34-20-23-46(52-31-34)36-11-9-25-50-29-36)19-22-42(44)48-41-18-8-7-17-40(41)43(28-45(48)49)35-21-24-47(53-32-35)37-12-10-26-51-30-37/h1-32H. The van der Waals surface area contributed by atoms with Crippen molar-refractivity contribution in [3.8, 4) is 55.9 Å². The molecule has 0 saturated heterocycles. The Morgan fingerprint density at radius 1 is 0.358 bits per heavy atom. The lowest BCUT2D eigenvalue weighted by atomic mass is 9.67. The monoisotopic (exact) mass is 676 g/mol. The molecule has 4 heterocycles. The summed E-state index contributed by atoms with van der Waals surface area (Å²) in [4.78, 5) is 18.4. The number of fused-ring (bicyclic) bond motifs is 5. The first-order chi connectivity index (χ1) is 26.3. The van der Waals surface area contributed by atoms with Gasteiger partial charge in [-0.15, -0.1) is 0 Å². The van der Waals surface area contributed by atoms with E-state index in [4.69, 9.17) is 9.97 Å². The fourth-order valence-electron chi connectivity index (χ4n) is 8.25. The molecule has 10 rings (SSSR count). The van der Waals surface area contributed by atoms with Crippen LogP contribution >= 0.6 is 0 Å². The number of nitrogens with zero attached hydrogens (tertiary/aromatic N) is 4. The lowest BCUT2D eigenvalue weighted by Crippen LogP contribution is -2.28. The van der Waals surface area contributed by atoms with Crippen molar-refractivity contribution < 1.29 is 0 Å². The Balaban J connectivity index is 1.23. The Kier molecular flexibility index (Phi) is 7.33. The summed E-state index contributed by atoms with van der Waals surface area (Å²) in [5.41, 5.74) is 15.1. The van der Waals surface area contributed by atoms with Gasteiger partial charge in [0.2, 0.25) is 0 Å². The first-order valence-corrected chi connectivity index (χ1v) is 17.8. The van der Waals surface area contributed by atoms with E-state index in [1.54, 1.807) is 12.4 Å². The molecule has 0 unspecified atom stereocenters. The molecule has 0 aliphatic heterocycles. The predicted molar refractivity (Wildman–Crippen MR) is 214 cm³/mol. The molecule has 4 nitrogen and oxygen atoms in total. The third-order valence-electron chi connectivity index (χ3n) is 10.6. The highest BCUT2D eigenvalue weighted by Crippen LogP contribution is 2.59. The van der Waals surface area contributed by atoms with Gasteiger partial charge in [0.15, 0.2) is 0 Å². The summed E-state index contributed by atoms with van der Waals surface area (Å²) in [6, 6.07) is 56.7. The molecule has 0 spiro atoms. The molecule has 0 bridgehead atoms. The van der Waals surface area contributed by atoms with Crippen molar-refractivity contribution in [1.29, 1.82) is 0 Å². The van der Waals surface area contributed by atoms with Crippen LogP contribution < -0.4 is 0 Å². The Hall–Kier alpha value is -7.04. The molecular weight excluding hydrogens is 645 g/mol. The lowest BCUT2D eigenvalue weighted by molar-refractivity contribution is 0.769. The molecule has 1 aliphatic rings. The second-order valence-corrected chi connectivity index (χ2v) is 13.5. The average Bonchev–Trinajstić information content (AvgIpc) is 3.55. The molecule has 4 aromatic heterocycles. The second-order valence-electron chi connectivity index (χ2n) is 13.5. The molecule has 0 N–H and O–H groups in total. The zero-order chi connectivity index (χ0) is 35.2. The molecule has 0 radical (unpaired) electrons. The molecule has 0 atom stereocenters.